The Bertz CT molecular complexity index is 522. The van der Waals surface area contributed by atoms with E-state index in [1.165, 1.54) is 0 Å². The number of nitrogens with zero attached hydrogens (tertiary/aromatic N) is 1. The number of nitrogens with two attached hydrogens (primary N) is 1. The maximum absolute atomic E-state index is 5.59. The molecule has 0 aliphatic rings. The highest BCUT2D eigenvalue weighted by molar-refractivity contribution is 9.10. The van der Waals surface area contributed by atoms with Gasteiger partial charge in [0, 0.05) is 11.6 Å². The number of anilines is 1. The summed E-state index contributed by atoms with van der Waals surface area (Å²) in [7, 11) is 1.64. The molecule has 4 nitrogen and oxygen atoms in total. The number of benzene rings is 1. The third-order valence-electron chi connectivity index (χ3n) is 2.29. The minimum absolute atomic E-state index is 0.474. The number of hydrogen-bond donors (Lipinski definition) is 2. The van der Waals surface area contributed by atoms with Crippen molar-refractivity contribution < 1.29 is 4.74 Å². The topological polar surface area (TPSA) is 63.9 Å². The van der Waals surface area contributed by atoms with E-state index in [1.54, 1.807) is 13.2 Å². The molecule has 0 saturated carbocycles. The van der Waals surface area contributed by atoms with Gasteiger partial charge in [-0.2, -0.15) is 5.10 Å². The third kappa shape index (κ3) is 1.90. The fraction of sp³-hybridized carbons (Fsp3) is 0.182. The monoisotopic (exact) mass is 281 g/mol. The van der Waals surface area contributed by atoms with Crippen molar-refractivity contribution in [3.05, 3.63) is 28.2 Å². The summed E-state index contributed by atoms with van der Waals surface area (Å²) in [5, 5.41) is 6.79. The van der Waals surface area contributed by atoms with Crippen molar-refractivity contribution in [3.8, 4) is 17.0 Å². The van der Waals surface area contributed by atoms with Crippen molar-refractivity contribution in [2.45, 2.75) is 6.92 Å². The van der Waals surface area contributed by atoms with E-state index in [0.717, 1.165) is 27.0 Å². The Balaban J connectivity index is 2.60. The minimum Gasteiger partial charge on any atom is -0.496 e. The first kappa shape index (κ1) is 11.0. The van der Waals surface area contributed by atoms with Crippen LogP contribution in [-0.4, -0.2) is 17.3 Å². The third-order valence-corrected chi connectivity index (χ3v) is 3.11. The van der Waals surface area contributed by atoms with Gasteiger partial charge < -0.3 is 10.5 Å². The molecular formula is C11H12BrN3O. The molecule has 16 heavy (non-hydrogen) atoms. The predicted molar refractivity (Wildman–Crippen MR) is 67.4 cm³/mol. The lowest BCUT2D eigenvalue weighted by Crippen LogP contribution is -1.89. The largest absolute Gasteiger partial charge is 0.496 e. The van der Waals surface area contributed by atoms with Crippen molar-refractivity contribution in [2.24, 2.45) is 0 Å². The molecule has 3 N–H and O–H groups in total. The molecular weight excluding hydrogens is 270 g/mol. The van der Waals surface area contributed by atoms with Crippen LogP contribution in [-0.2, 0) is 0 Å². The van der Waals surface area contributed by atoms with Crippen LogP contribution in [0.25, 0.3) is 11.3 Å². The lowest BCUT2D eigenvalue weighted by Gasteiger charge is -2.09. The minimum atomic E-state index is 0.474. The molecule has 1 heterocycles. The Hall–Kier alpha value is -1.49. The average Bonchev–Trinajstić information content (AvgIpc) is 2.67. The number of nitrogens with one attached hydrogen (secondary N) is 1. The Morgan fingerprint density at radius 3 is 2.69 bits per heavy atom. The van der Waals surface area contributed by atoms with Gasteiger partial charge in [-0.3, -0.25) is 5.10 Å². The number of aryl methyl sites for hydroxylation is 1. The zero-order valence-electron chi connectivity index (χ0n) is 9.04. The molecule has 0 spiro atoms. The lowest BCUT2D eigenvalue weighted by atomic mass is 10.1. The zero-order chi connectivity index (χ0) is 11.7. The summed E-state index contributed by atoms with van der Waals surface area (Å²) in [5.74, 6) is 1.27. The summed E-state index contributed by atoms with van der Waals surface area (Å²) in [6.45, 7) is 2.01. The van der Waals surface area contributed by atoms with Gasteiger partial charge in [-0.1, -0.05) is 0 Å². The van der Waals surface area contributed by atoms with E-state index in [0.29, 0.717) is 5.82 Å². The second-order valence-corrected chi connectivity index (χ2v) is 4.33. The van der Waals surface area contributed by atoms with Gasteiger partial charge in [-0.15, -0.1) is 0 Å². The van der Waals surface area contributed by atoms with E-state index in [4.69, 9.17) is 10.5 Å². The van der Waals surface area contributed by atoms with Crippen LogP contribution < -0.4 is 10.5 Å². The van der Waals surface area contributed by atoms with E-state index in [-0.39, 0.29) is 0 Å². The van der Waals surface area contributed by atoms with Crippen molar-refractivity contribution in [1.82, 2.24) is 10.2 Å². The van der Waals surface area contributed by atoms with Crippen molar-refractivity contribution >= 4 is 21.7 Å². The number of nitrogen functional groups attached to an aromatic ring is 1. The van der Waals surface area contributed by atoms with Crippen LogP contribution in [0.2, 0.25) is 0 Å². The van der Waals surface area contributed by atoms with Crippen molar-refractivity contribution in [2.75, 3.05) is 12.8 Å². The molecule has 84 valence electrons. The maximum Gasteiger partial charge on any atom is 0.145 e. The highest BCUT2D eigenvalue weighted by Crippen LogP contribution is 2.36. The summed E-state index contributed by atoms with van der Waals surface area (Å²) >= 11 is 3.51. The molecule has 0 radical (unpaired) electrons. The number of H-pyrrole nitrogens is 1. The van der Waals surface area contributed by atoms with Gasteiger partial charge >= 0.3 is 0 Å². The Morgan fingerprint density at radius 2 is 2.12 bits per heavy atom. The van der Waals surface area contributed by atoms with Crippen LogP contribution in [0.15, 0.2) is 22.7 Å². The fourth-order valence-electron chi connectivity index (χ4n) is 1.56. The number of ether oxygens (including phenoxy) is 1. The van der Waals surface area contributed by atoms with Crippen LogP contribution >= 0.6 is 15.9 Å². The first-order valence-electron chi connectivity index (χ1n) is 4.77. The van der Waals surface area contributed by atoms with Crippen LogP contribution in [0, 0.1) is 6.92 Å². The van der Waals surface area contributed by atoms with Gasteiger partial charge in [-0.05, 0) is 40.5 Å². The predicted octanol–water partition coefficient (Wildman–Crippen LogP) is 2.74. The molecule has 0 saturated heterocycles. The number of aromatic nitrogens is 2. The highest BCUT2D eigenvalue weighted by atomic mass is 79.9. The van der Waals surface area contributed by atoms with Gasteiger partial charge in [0.25, 0.3) is 0 Å². The molecule has 0 fully saturated rings. The molecule has 2 aromatic rings. The first-order chi connectivity index (χ1) is 7.61. The van der Waals surface area contributed by atoms with E-state index < -0.39 is 0 Å². The summed E-state index contributed by atoms with van der Waals surface area (Å²) in [6.07, 6.45) is 0. The van der Waals surface area contributed by atoms with Gasteiger partial charge in [0.05, 0.1) is 17.3 Å². The SMILES string of the molecule is COc1cc(C)cc(-c2cc(N)n[nH]2)c1Br. The fourth-order valence-corrected chi connectivity index (χ4v) is 2.16. The normalized spacial score (nSPS) is 10.4. The lowest BCUT2D eigenvalue weighted by molar-refractivity contribution is 0.412. The van der Waals surface area contributed by atoms with E-state index >= 15 is 0 Å². The molecule has 2 rings (SSSR count). The number of rotatable bonds is 2. The average molecular weight is 282 g/mol. The number of hydrogen-bond acceptors (Lipinski definition) is 3. The van der Waals surface area contributed by atoms with Gasteiger partial charge in [0.2, 0.25) is 0 Å². The molecule has 0 aliphatic heterocycles. The molecule has 5 heteroatoms. The Morgan fingerprint density at radius 1 is 1.38 bits per heavy atom. The molecule has 0 amide bonds. The smallest absolute Gasteiger partial charge is 0.145 e. The van der Waals surface area contributed by atoms with Crippen LogP contribution in [0.1, 0.15) is 5.56 Å². The van der Waals surface area contributed by atoms with Crippen LogP contribution in [0.4, 0.5) is 5.82 Å². The summed E-state index contributed by atoms with van der Waals surface area (Å²) < 4.78 is 6.18. The van der Waals surface area contributed by atoms with E-state index in [1.807, 2.05) is 19.1 Å². The van der Waals surface area contributed by atoms with Gasteiger partial charge in [-0.25, -0.2) is 0 Å². The standard InChI is InChI=1S/C11H12BrN3O/c1-6-3-7(8-5-10(13)15-14-8)11(12)9(4-6)16-2/h3-5H,1-2H3,(H3,13,14,15). The second-order valence-electron chi connectivity index (χ2n) is 3.54. The van der Waals surface area contributed by atoms with Crippen LogP contribution in [0.5, 0.6) is 5.75 Å². The summed E-state index contributed by atoms with van der Waals surface area (Å²) in [4.78, 5) is 0. The second kappa shape index (κ2) is 4.17. The summed E-state index contributed by atoms with van der Waals surface area (Å²) in [6, 6.07) is 5.80. The highest BCUT2D eigenvalue weighted by Gasteiger charge is 2.11. The van der Waals surface area contributed by atoms with Crippen molar-refractivity contribution in [3.63, 3.8) is 0 Å². The Labute approximate surface area is 102 Å². The quantitative estimate of drug-likeness (QED) is 0.890. The number of methoxy groups -OCH3 is 1. The summed E-state index contributed by atoms with van der Waals surface area (Å²) in [5.41, 5.74) is 8.55. The van der Waals surface area contributed by atoms with Crippen molar-refractivity contribution in [1.29, 1.82) is 0 Å². The van der Waals surface area contributed by atoms with E-state index in [9.17, 15) is 0 Å². The van der Waals surface area contributed by atoms with Gasteiger partial charge in [0.1, 0.15) is 11.6 Å². The molecule has 0 unspecified atom stereocenters. The Kier molecular flexibility index (Phi) is 2.87. The zero-order valence-corrected chi connectivity index (χ0v) is 10.6. The molecule has 1 aromatic carbocycles. The molecule has 0 bridgehead atoms. The number of aromatic amines is 1. The maximum atomic E-state index is 5.59. The van der Waals surface area contributed by atoms with E-state index in [2.05, 4.69) is 26.1 Å². The number of halogens is 1. The molecule has 1 aromatic heterocycles. The molecule has 0 aliphatic carbocycles. The molecule has 0 atom stereocenters. The first-order valence-corrected chi connectivity index (χ1v) is 5.56. The van der Waals surface area contributed by atoms with Gasteiger partial charge in [0.15, 0.2) is 0 Å². The van der Waals surface area contributed by atoms with Crippen LogP contribution in [0.3, 0.4) is 0 Å².